The number of aromatic carboxylic acids is 1. The molecule has 1 saturated heterocycles. The second-order valence-corrected chi connectivity index (χ2v) is 5.31. The molecule has 0 bridgehead atoms. The molecule has 0 aliphatic carbocycles. The summed E-state index contributed by atoms with van der Waals surface area (Å²) in [5, 5.41) is 11.8. The number of ether oxygens (including phenoxy) is 1. The molecule has 0 spiro atoms. The zero-order valence-electron chi connectivity index (χ0n) is 12.4. The van der Waals surface area contributed by atoms with E-state index < -0.39 is 5.97 Å². The van der Waals surface area contributed by atoms with Crippen LogP contribution in [0.25, 0.3) is 0 Å². The van der Waals surface area contributed by atoms with Crippen LogP contribution in [-0.4, -0.2) is 47.8 Å². The van der Waals surface area contributed by atoms with Gasteiger partial charge in [0, 0.05) is 19.3 Å². The van der Waals surface area contributed by atoms with Crippen molar-refractivity contribution in [3.63, 3.8) is 0 Å². The molecule has 1 aliphatic heterocycles. The maximum Gasteiger partial charge on any atom is 0.336 e. The summed E-state index contributed by atoms with van der Waals surface area (Å²) in [5.41, 5.74) is 1.32. The van der Waals surface area contributed by atoms with Crippen molar-refractivity contribution in [1.82, 2.24) is 4.90 Å². The molecule has 2 unspecified atom stereocenters. The minimum atomic E-state index is -1.00. The predicted molar refractivity (Wildman–Crippen MR) is 78.7 cm³/mol. The van der Waals surface area contributed by atoms with E-state index in [4.69, 9.17) is 9.84 Å². The average Bonchev–Trinajstić information content (AvgIpc) is 2.85. The topological polar surface area (TPSA) is 78.9 Å². The van der Waals surface area contributed by atoms with Gasteiger partial charge in [0.05, 0.1) is 17.7 Å². The molecule has 1 fully saturated rings. The minimum absolute atomic E-state index is 0.00773. The molecule has 0 radical (unpaired) electrons. The highest BCUT2D eigenvalue weighted by molar-refractivity contribution is 5.94. The first-order valence-electron chi connectivity index (χ1n) is 6.89. The fourth-order valence-corrected chi connectivity index (χ4v) is 2.52. The highest BCUT2D eigenvalue weighted by Gasteiger charge is 2.30. The maximum absolute atomic E-state index is 12.2. The fourth-order valence-electron chi connectivity index (χ4n) is 2.52. The second kappa shape index (κ2) is 6.13. The van der Waals surface area contributed by atoms with Crippen molar-refractivity contribution in [3.8, 4) is 0 Å². The molecule has 1 aromatic rings. The summed E-state index contributed by atoms with van der Waals surface area (Å²) in [6.07, 6.45) is 0.813. The van der Waals surface area contributed by atoms with Crippen LogP contribution in [0.3, 0.4) is 0 Å². The van der Waals surface area contributed by atoms with Gasteiger partial charge in [0.25, 0.3) is 0 Å². The van der Waals surface area contributed by atoms with Crippen molar-refractivity contribution in [1.29, 1.82) is 0 Å². The first-order valence-corrected chi connectivity index (χ1v) is 6.89. The van der Waals surface area contributed by atoms with Gasteiger partial charge < -0.3 is 20.1 Å². The molecule has 1 aromatic carbocycles. The predicted octanol–water partition coefficient (Wildman–Crippen LogP) is 2.33. The number of benzene rings is 1. The number of urea groups is 1. The van der Waals surface area contributed by atoms with E-state index in [1.165, 1.54) is 6.07 Å². The Hall–Kier alpha value is -2.08. The standard InChI is InChI=1S/C15H20N2O4/c1-9-4-5-11(8-12(9)14(18)19)16-15(20)17(3)13-6-7-21-10(13)2/h4-5,8,10,13H,6-7H2,1-3H3,(H,16,20)(H,18,19). The third-order valence-corrected chi connectivity index (χ3v) is 3.87. The molecule has 0 saturated carbocycles. The average molecular weight is 292 g/mol. The van der Waals surface area contributed by atoms with Crippen LogP contribution in [0.15, 0.2) is 18.2 Å². The number of nitrogens with zero attached hydrogens (tertiary/aromatic N) is 1. The fraction of sp³-hybridized carbons (Fsp3) is 0.467. The molecule has 21 heavy (non-hydrogen) atoms. The van der Waals surface area contributed by atoms with E-state index in [0.717, 1.165) is 6.42 Å². The molecule has 2 amide bonds. The zero-order valence-corrected chi connectivity index (χ0v) is 12.4. The number of carboxylic acids is 1. The van der Waals surface area contributed by atoms with E-state index in [-0.39, 0.29) is 23.7 Å². The van der Waals surface area contributed by atoms with Crippen LogP contribution in [0.1, 0.15) is 29.3 Å². The minimum Gasteiger partial charge on any atom is -0.478 e. The van der Waals surface area contributed by atoms with Crippen molar-refractivity contribution in [2.24, 2.45) is 0 Å². The van der Waals surface area contributed by atoms with Gasteiger partial charge in [-0.1, -0.05) is 6.07 Å². The molecule has 1 heterocycles. The van der Waals surface area contributed by atoms with Gasteiger partial charge in [0.15, 0.2) is 0 Å². The van der Waals surface area contributed by atoms with E-state index in [1.54, 1.807) is 31.0 Å². The number of hydrogen-bond acceptors (Lipinski definition) is 3. The van der Waals surface area contributed by atoms with Crippen LogP contribution in [0.5, 0.6) is 0 Å². The Labute approximate surface area is 123 Å². The molecule has 0 aromatic heterocycles. The highest BCUT2D eigenvalue weighted by Crippen LogP contribution is 2.20. The van der Waals surface area contributed by atoms with Crippen molar-refractivity contribution in [2.75, 3.05) is 19.0 Å². The van der Waals surface area contributed by atoms with E-state index in [1.807, 2.05) is 6.92 Å². The number of likely N-dealkylation sites (N-methyl/N-ethyl adjacent to an activating group) is 1. The molecule has 6 heteroatoms. The van der Waals surface area contributed by atoms with E-state index in [2.05, 4.69) is 5.32 Å². The van der Waals surface area contributed by atoms with Gasteiger partial charge in [-0.3, -0.25) is 0 Å². The van der Waals surface area contributed by atoms with Crippen LogP contribution in [0.2, 0.25) is 0 Å². The smallest absolute Gasteiger partial charge is 0.336 e. The zero-order chi connectivity index (χ0) is 15.6. The SMILES string of the molecule is Cc1ccc(NC(=O)N(C)C2CCOC2C)cc1C(=O)O. The van der Waals surface area contributed by atoms with E-state index >= 15 is 0 Å². The Kier molecular flexibility index (Phi) is 4.47. The summed E-state index contributed by atoms with van der Waals surface area (Å²) < 4.78 is 5.45. The lowest BCUT2D eigenvalue weighted by Gasteiger charge is -2.27. The quantitative estimate of drug-likeness (QED) is 0.896. The molecule has 2 atom stereocenters. The maximum atomic E-state index is 12.2. The number of nitrogens with one attached hydrogen (secondary N) is 1. The van der Waals surface area contributed by atoms with E-state index in [9.17, 15) is 9.59 Å². The van der Waals surface area contributed by atoms with Crippen molar-refractivity contribution in [2.45, 2.75) is 32.4 Å². The second-order valence-electron chi connectivity index (χ2n) is 5.31. The van der Waals surface area contributed by atoms with E-state index in [0.29, 0.717) is 17.9 Å². The van der Waals surface area contributed by atoms with Gasteiger partial charge in [-0.25, -0.2) is 9.59 Å². The summed E-state index contributed by atoms with van der Waals surface area (Å²) >= 11 is 0. The van der Waals surface area contributed by atoms with Gasteiger partial charge in [-0.15, -0.1) is 0 Å². The Balaban J connectivity index is 2.09. The van der Waals surface area contributed by atoms with Crippen LogP contribution in [0, 0.1) is 6.92 Å². The normalized spacial score (nSPS) is 21.1. The van der Waals surface area contributed by atoms with Crippen LogP contribution < -0.4 is 5.32 Å². The third-order valence-electron chi connectivity index (χ3n) is 3.87. The van der Waals surface area contributed by atoms with Crippen molar-refractivity contribution in [3.05, 3.63) is 29.3 Å². The summed E-state index contributed by atoms with van der Waals surface area (Å²) in [7, 11) is 1.72. The lowest BCUT2D eigenvalue weighted by Crippen LogP contribution is -2.43. The first kappa shape index (κ1) is 15.3. The number of anilines is 1. The summed E-state index contributed by atoms with van der Waals surface area (Å²) in [4.78, 5) is 24.9. The lowest BCUT2D eigenvalue weighted by molar-refractivity contribution is 0.0696. The number of rotatable bonds is 3. The number of carboxylic acid groups (broad SMARTS) is 1. The summed E-state index contributed by atoms with van der Waals surface area (Å²) in [5.74, 6) is -1.00. The monoisotopic (exact) mass is 292 g/mol. The Bertz CT molecular complexity index is 559. The number of carbonyl (C=O) groups excluding carboxylic acids is 1. The molecule has 2 N–H and O–H groups in total. The number of hydrogen-bond donors (Lipinski definition) is 2. The largest absolute Gasteiger partial charge is 0.478 e. The van der Waals surface area contributed by atoms with Gasteiger partial charge in [0.2, 0.25) is 0 Å². The van der Waals surface area contributed by atoms with Crippen LogP contribution >= 0.6 is 0 Å². The number of aryl methyl sites for hydroxylation is 1. The third kappa shape index (κ3) is 3.33. The van der Waals surface area contributed by atoms with Crippen molar-refractivity contribution >= 4 is 17.7 Å². The summed E-state index contributed by atoms with van der Waals surface area (Å²) in [6.45, 7) is 4.31. The Morgan fingerprint density at radius 1 is 1.43 bits per heavy atom. The molecule has 6 nitrogen and oxygen atoms in total. The molecular formula is C15H20N2O4. The van der Waals surface area contributed by atoms with Gasteiger partial charge in [-0.2, -0.15) is 0 Å². The molecule has 1 aliphatic rings. The van der Waals surface area contributed by atoms with Gasteiger partial charge in [0.1, 0.15) is 0 Å². The molecule has 114 valence electrons. The highest BCUT2D eigenvalue weighted by atomic mass is 16.5. The molecular weight excluding hydrogens is 272 g/mol. The van der Waals surface area contributed by atoms with Crippen LogP contribution in [0.4, 0.5) is 10.5 Å². The number of amides is 2. The Morgan fingerprint density at radius 2 is 2.14 bits per heavy atom. The lowest BCUT2D eigenvalue weighted by atomic mass is 10.1. The number of carbonyl (C=O) groups is 2. The van der Waals surface area contributed by atoms with Gasteiger partial charge in [-0.05, 0) is 38.0 Å². The molecule has 2 rings (SSSR count). The van der Waals surface area contributed by atoms with Crippen molar-refractivity contribution < 1.29 is 19.4 Å². The van der Waals surface area contributed by atoms with Gasteiger partial charge >= 0.3 is 12.0 Å². The first-order chi connectivity index (χ1) is 9.90. The van der Waals surface area contributed by atoms with Crippen LogP contribution in [-0.2, 0) is 4.74 Å². The summed E-state index contributed by atoms with van der Waals surface area (Å²) in [6, 6.07) is 4.62. The Morgan fingerprint density at radius 3 is 2.71 bits per heavy atom.